The van der Waals surface area contributed by atoms with Gasteiger partial charge in [-0.1, -0.05) is 20.8 Å². The molecule has 0 fully saturated rings. The molecular weight excluding hydrogens is 224 g/mol. The Bertz CT molecular complexity index is 371. The average molecular weight is 243 g/mol. The van der Waals surface area contributed by atoms with Crippen molar-refractivity contribution in [3.05, 3.63) is 11.0 Å². The summed E-state index contributed by atoms with van der Waals surface area (Å²) in [6, 6.07) is 0. The van der Waals surface area contributed by atoms with Gasteiger partial charge in [-0.25, -0.2) is 4.98 Å². The first-order chi connectivity index (χ1) is 7.29. The van der Waals surface area contributed by atoms with Gasteiger partial charge in [-0.05, 0) is 30.4 Å². The van der Waals surface area contributed by atoms with Gasteiger partial charge < -0.3 is 11.1 Å². The molecule has 0 aliphatic heterocycles. The van der Waals surface area contributed by atoms with E-state index in [1.165, 1.54) is 0 Å². The van der Waals surface area contributed by atoms with Crippen LogP contribution in [0.1, 0.15) is 32.9 Å². The molecule has 1 rings (SSSR count). The fourth-order valence-electron chi connectivity index (χ4n) is 1.24. The molecule has 0 bridgehead atoms. The molecule has 5 heteroatoms. The molecule has 1 aromatic rings. The fraction of sp³-hybridized carbons (Fsp3) is 0.636. The molecule has 0 aliphatic rings. The summed E-state index contributed by atoms with van der Waals surface area (Å²) in [5, 5.41) is 3.42. The normalized spacial score (nSPS) is 11.6. The highest BCUT2D eigenvalue weighted by atomic mass is 35.5. The van der Waals surface area contributed by atoms with Crippen LogP contribution in [0.15, 0.2) is 0 Å². The maximum absolute atomic E-state index is 5.86. The maximum atomic E-state index is 5.86. The van der Waals surface area contributed by atoms with Crippen LogP contribution in [0, 0.1) is 12.3 Å². The molecule has 16 heavy (non-hydrogen) atoms. The van der Waals surface area contributed by atoms with Gasteiger partial charge in [0.15, 0.2) is 5.82 Å². The number of halogens is 1. The largest absolute Gasteiger partial charge is 0.394 e. The lowest BCUT2D eigenvalue weighted by Gasteiger charge is -2.18. The summed E-state index contributed by atoms with van der Waals surface area (Å²) in [7, 11) is 0. The predicted octanol–water partition coefficient (Wildman–Crippen LogP) is 2.87. The Labute approximate surface area is 102 Å². The van der Waals surface area contributed by atoms with Crippen molar-refractivity contribution in [2.24, 2.45) is 5.41 Å². The van der Waals surface area contributed by atoms with Gasteiger partial charge >= 0.3 is 0 Å². The first-order valence-electron chi connectivity index (χ1n) is 5.33. The van der Waals surface area contributed by atoms with Crippen molar-refractivity contribution in [2.75, 3.05) is 17.6 Å². The Morgan fingerprint density at radius 1 is 1.31 bits per heavy atom. The van der Waals surface area contributed by atoms with E-state index in [1.807, 2.05) is 6.92 Å². The topological polar surface area (TPSA) is 63.8 Å². The first kappa shape index (κ1) is 13.0. The molecule has 3 N–H and O–H groups in total. The van der Waals surface area contributed by atoms with Crippen LogP contribution in [-0.4, -0.2) is 16.5 Å². The van der Waals surface area contributed by atoms with Crippen LogP contribution in [0.25, 0.3) is 0 Å². The van der Waals surface area contributed by atoms with Crippen molar-refractivity contribution in [1.29, 1.82) is 0 Å². The lowest BCUT2D eigenvalue weighted by atomic mass is 9.92. The number of anilines is 2. The van der Waals surface area contributed by atoms with E-state index in [0.717, 1.165) is 13.0 Å². The van der Waals surface area contributed by atoms with Gasteiger partial charge in [0.2, 0.25) is 5.28 Å². The van der Waals surface area contributed by atoms with Crippen molar-refractivity contribution >= 4 is 23.1 Å². The van der Waals surface area contributed by atoms with Crippen LogP contribution in [-0.2, 0) is 0 Å². The van der Waals surface area contributed by atoms with Gasteiger partial charge in [0, 0.05) is 6.54 Å². The Kier molecular flexibility index (Phi) is 3.97. The van der Waals surface area contributed by atoms with Crippen molar-refractivity contribution in [3.8, 4) is 0 Å². The van der Waals surface area contributed by atoms with E-state index in [1.54, 1.807) is 0 Å². The molecule has 0 aromatic carbocycles. The third-order valence-corrected chi connectivity index (χ3v) is 2.45. The quantitative estimate of drug-likeness (QED) is 0.800. The van der Waals surface area contributed by atoms with Gasteiger partial charge in [0.1, 0.15) is 0 Å². The summed E-state index contributed by atoms with van der Waals surface area (Å²) in [5.41, 5.74) is 7.42. The number of nitrogens with zero attached hydrogens (tertiary/aromatic N) is 2. The number of nitrogens with one attached hydrogen (secondary N) is 1. The fourth-order valence-corrected chi connectivity index (χ4v) is 1.45. The Morgan fingerprint density at radius 2 is 1.94 bits per heavy atom. The van der Waals surface area contributed by atoms with Crippen molar-refractivity contribution in [2.45, 2.75) is 34.1 Å². The number of hydrogen-bond donors (Lipinski definition) is 2. The monoisotopic (exact) mass is 242 g/mol. The highest BCUT2D eigenvalue weighted by molar-refractivity contribution is 6.28. The predicted molar refractivity (Wildman–Crippen MR) is 68.8 cm³/mol. The molecule has 0 saturated carbocycles. The number of nitrogen functional groups attached to an aromatic ring is 1. The third kappa shape index (κ3) is 3.85. The van der Waals surface area contributed by atoms with Gasteiger partial charge in [0.05, 0.1) is 11.4 Å². The lowest BCUT2D eigenvalue weighted by molar-refractivity contribution is 0.389. The first-order valence-corrected chi connectivity index (χ1v) is 5.71. The standard InChI is InChI=1S/C11H19ClN4/c1-7-8(13)9(16-10(12)15-7)14-6-5-11(2,3)4/h5-6,13H2,1-4H3,(H,14,15,16). The van der Waals surface area contributed by atoms with Gasteiger partial charge in [-0.3, -0.25) is 0 Å². The molecule has 0 aliphatic carbocycles. The van der Waals surface area contributed by atoms with E-state index in [4.69, 9.17) is 17.3 Å². The lowest BCUT2D eigenvalue weighted by Crippen LogP contribution is -2.15. The van der Waals surface area contributed by atoms with Crippen LogP contribution in [0.5, 0.6) is 0 Å². The molecule has 0 unspecified atom stereocenters. The van der Waals surface area contributed by atoms with E-state index < -0.39 is 0 Å². The molecular formula is C11H19ClN4. The highest BCUT2D eigenvalue weighted by Crippen LogP contribution is 2.22. The molecule has 0 amide bonds. The minimum Gasteiger partial charge on any atom is -0.394 e. The average Bonchev–Trinajstić information content (AvgIpc) is 2.11. The summed E-state index contributed by atoms with van der Waals surface area (Å²) in [6.45, 7) is 9.21. The Balaban J connectivity index is 2.67. The van der Waals surface area contributed by atoms with Gasteiger partial charge in [-0.2, -0.15) is 4.98 Å². The van der Waals surface area contributed by atoms with Crippen molar-refractivity contribution < 1.29 is 0 Å². The molecule has 1 heterocycles. The second kappa shape index (κ2) is 4.87. The Morgan fingerprint density at radius 3 is 2.50 bits per heavy atom. The molecule has 4 nitrogen and oxygen atoms in total. The zero-order valence-corrected chi connectivity index (χ0v) is 11.0. The number of nitrogens with two attached hydrogens (primary N) is 1. The number of hydrogen-bond acceptors (Lipinski definition) is 4. The summed E-state index contributed by atoms with van der Waals surface area (Å²) in [4.78, 5) is 8.05. The zero-order chi connectivity index (χ0) is 12.3. The zero-order valence-electron chi connectivity index (χ0n) is 10.3. The van der Waals surface area contributed by atoms with Crippen molar-refractivity contribution in [3.63, 3.8) is 0 Å². The minimum absolute atomic E-state index is 0.227. The van der Waals surface area contributed by atoms with Gasteiger partial charge in [0.25, 0.3) is 0 Å². The second-order valence-corrected chi connectivity index (χ2v) is 5.42. The van der Waals surface area contributed by atoms with Crippen LogP contribution >= 0.6 is 11.6 Å². The summed E-state index contributed by atoms with van der Waals surface area (Å²) in [5.74, 6) is 0.627. The summed E-state index contributed by atoms with van der Waals surface area (Å²) >= 11 is 5.77. The van der Waals surface area contributed by atoms with E-state index in [-0.39, 0.29) is 10.7 Å². The van der Waals surface area contributed by atoms with Crippen LogP contribution in [0.4, 0.5) is 11.5 Å². The molecule has 0 saturated heterocycles. The van der Waals surface area contributed by atoms with Crippen LogP contribution in [0.3, 0.4) is 0 Å². The SMILES string of the molecule is Cc1nc(Cl)nc(NCCC(C)(C)C)c1N. The number of aromatic nitrogens is 2. The minimum atomic E-state index is 0.227. The van der Waals surface area contributed by atoms with E-state index in [0.29, 0.717) is 17.2 Å². The molecule has 0 spiro atoms. The van der Waals surface area contributed by atoms with Crippen molar-refractivity contribution in [1.82, 2.24) is 9.97 Å². The van der Waals surface area contributed by atoms with E-state index in [9.17, 15) is 0 Å². The maximum Gasteiger partial charge on any atom is 0.224 e. The van der Waals surface area contributed by atoms with Crippen LogP contribution in [0.2, 0.25) is 5.28 Å². The molecule has 1 aromatic heterocycles. The molecule has 0 atom stereocenters. The Hall–Kier alpha value is -1.03. The molecule has 90 valence electrons. The highest BCUT2D eigenvalue weighted by Gasteiger charge is 2.11. The number of rotatable bonds is 3. The summed E-state index contributed by atoms with van der Waals surface area (Å²) < 4.78 is 0. The number of aryl methyl sites for hydroxylation is 1. The second-order valence-electron chi connectivity index (χ2n) is 5.08. The van der Waals surface area contributed by atoms with E-state index in [2.05, 4.69) is 36.1 Å². The summed E-state index contributed by atoms with van der Waals surface area (Å²) in [6.07, 6.45) is 1.03. The van der Waals surface area contributed by atoms with Crippen LogP contribution < -0.4 is 11.1 Å². The van der Waals surface area contributed by atoms with Gasteiger partial charge in [-0.15, -0.1) is 0 Å². The smallest absolute Gasteiger partial charge is 0.224 e. The van der Waals surface area contributed by atoms with E-state index >= 15 is 0 Å². The molecule has 0 radical (unpaired) electrons. The third-order valence-electron chi connectivity index (χ3n) is 2.28.